The largest absolute Gasteiger partial charge is 1.00 e. The van der Waals surface area contributed by atoms with Gasteiger partial charge in [0.15, 0.2) is 43.0 Å². The van der Waals surface area contributed by atoms with Gasteiger partial charge in [0, 0.05) is 19.6 Å². The SMILES string of the molecule is CC(=O)c1ccc[n+](C)c1.C[n+]1cccc(C(=O)OC(=O)c2ccc[n+](C)c2)c1.[2H]C.[I-].[I-]. The maximum atomic E-state index is 11.8. The monoisotopic (exact) mass is 665 g/mol. The minimum Gasteiger partial charge on any atom is -1.00 e. The summed E-state index contributed by atoms with van der Waals surface area (Å²) in [5, 5.41) is 0. The lowest BCUT2D eigenvalue weighted by molar-refractivity contribution is -0.671. The van der Waals surface area contributed by atoms with Crippen LogP contribution in [0.1, 0.15) is 46.8 Å². The highest BCUT2D eigenvalue weighted by Crippen LogP contribution is 2.03. The molecule has 0 amide bonds. The molecule has 0 aliphatic heterocycles. The van der Waals surface area contributed by atoms with Crippen LogP contribution in [0.4, 0.5) is 0 Å². The number of esters is 2. The molecule has 0 aliphatic carbocycles. The van der Waals surface area contributed by atoms with Crippen LogP contribution in [0.3, 0.4) is 0 Å². The summed E-state index contributed by atoms with van der Waals surface area (Å²) in [7, 11) is 6.72. The number of carbonyl (C=O) groups is 3. The second-order valence-corrected chi connectivity index (χ2v) is 6.51. The van der Waals surface area contributed by atoms with Gasteiger partial charge in [-0.3, -0.25) is 4.79 Å². The van der Waals surface area contributed by atoms with E-state index < -0.39 is 11.9 Å². The van der Waals surface area contributed by atoms with Crippen molar-refractivity contribution < 1.29 is 82.1 Å². The van der Waals surface area contributed by atoms with Crippen molar-refractivity contribution in [1.29, 1.82) is 0 Å². The molecule has 3 aromatic heterocycles. The van der Waals surface area contributed by atoms with Crippen LogP contribution in [-0.2, 0) is 25.9 Å². The molecule has 0 saturated carbocycles. The van der Waals surface area contributed by atoms with Crippen LogP contribution >= 0.6 is 0 Å². The van der Waals surface area contributed by atoms with Gasteiger partial charge < -0.3 is 52.7 Å². The van der Waals surface area contributed by atoms with Crippen LogP contribution in [-0.4, -0.2) is 17.7 Å². The number of Topliss-reactive ketones (excluding diaryl/α,β-unsaturated/α-hetero) is 1. The first kappa shape index (κ1) is 29.7. The number of aromatic nitrogens is 3. The fraction of sp³-hybridized carbons (Fsp3) is 0.217. The van der Waals surface area contributed by atoms with Crippen molar-refractivity contribution in [2.24, 2.45) is 21.1 Å². The van der Waals surface area contributed by atoms with Crippen molar-refractivity contribution in [3.05, 3.63) is 90.3 Å². The van der Waals surface area contributed by atoms with Crippen molar-refractivity contribution in [3.63, 3.8) is 0 Å². The average molecular weight is 665 g/mol. The second-order valence-electron chi connectivity index (χ2n) is 6.51. The van der Waals surface area contributed by atoms with E-state index in [1.54, 1.807) is 79.2 Å². The van der Waals surface area contributed by atoms with Gasteiger partial charge in [-0.15, -0.1) is 0 Å². The van der Waals surface area contributed by atoms with Crippen LogP contribution in [0.2, 0.25) is 0 Å². The number of carbonyl (C=O) groups excluding carboxylic acids is 3. The molecule has 0 N–H and O–H groups in total. The molecule has 3 heterocycles. The number of pyridine rings is 3. The molecule has 0 radical (unpaired) electrons. The van der Waals surface area contributed by atoms with Crippen molar-refractivity contribution in [2.75, 3.05) is 0 Å². The summed E-state index contributed by atoms with van der Waals surface area (Å²) in [6.45, 7) is 1.56. The normalized spacial score (nSPS) is 9.09. The summed E-state index contributed by atoms with van der Waals surface area (Å²) in [6.07, 6.45) is 10.5. The zero-order valence-electron chi connectivity index (χ0n) is 19.7. The zero-order chi connectivity index (χ0) is 23.4. The van der Waals surface area contributed by atoms with E-state index >= 15 is 0 Å². The zero-order valence-corrected chi connectivity index (χ0v) is 23.0. The number of nitrogens with zero attached hydrogens (tertiary/aromatic N) is 3. The maximum absolute atomic E-state index is 11.8. The third-order valence-electron chi connectivity index (χ3n) is 3.88. The van der Waals surface area contributed by atoms with Gasteiger partial charge in [0.2, 0.25) is 0 Å². The summed E-state index contributed by atoms with van der Waals surface area (Å²) in [5.41, 5.74) is 1.42. The van der Waals surface area contributed by atoms with Gasteiger partial charge in [-0.05, 0) is 25.1 Å². The Morgan fingerprint density at radius 2 is 1.03 bits per heavy atom. The molecule has 0 saturated heterocycles. The van der Waals surface area contributed by atoms with E-state index in [9.17, 15) is 14.4 Å². The third kappa shape index (κ3) is 10.4. The van der Waals surface area contributed by atoms with E-state index in [1.165, 1.54) is 7.40 Å². The van der Waals surface area contributed by atoms with Gasteiger partial charge in [0.1, 0.15) is 32.3 Å². The molecule has 172 valence electrons. The van der Waals surface area contributed by atoms with Crippen LogP contribution in [0.15, 0.2) is 73.6 Å². The molecule has 0 fully saturated rings. The standard InChI is InChI=1S/C14H14N2O3.C8H10NO.CH4.2HI/c1-15-7-3-5-11(9-15)13(17)19-14(18)12-6-4-8-16(2)10-12;1-7(10)8-4-3-5-9(2)6-8;;;/h3-10H,1-2H3;3-6H,1-2H3;1H4;2*1H/q+2;+1;;;/p-2/i;;1D;;. The lowest BCUT2D eigenvalue weighted by Gasteiger charge is -2.01. The lowest BCUT2D eigenvalue weighted by Crippen LogP contribution is -3.00. The Balaban J connectivity index is 0. The number of aryl methyl sites for hydroxylation is 3. The third-order valence-corrected chi connectivity index (χ3v) is 3.88. The van der Waals surface area contributed by atoms with E-state index in [2.05, 4.69) is 0 Å². The smallest absolute Gasteiger partial charge is 0.352 e. The number of ketones is 1. The van der Waals surface area contributed by atoms with Crippen molar-refractivity contribution in [1.82, 2.24) is 0 Å². The first-order valence-corrected chi connectivity index (χ1v) is 8.89. The molecule has 9 heteroatoms. The maximum Gasteiger partial charge on any atom is 0.352 e. The van der Waals surface area contributed by atoms with Crippen molar-refractivity contribution in [2.45, 2.75) is 14.3 Å². The molecular weight excluding hydrogens is 636 g/mol. The van der Waals surface area contributed by atoms with Gasteiger partial charge in [-0.1, -0.05) is 7.40 Å². The van der Waals surface area contributed by atoms with Crippen molar-refractivity contribution >= 4 is 17.7 Å². The Morgan fingerprint density at radius 1 is 0.719 bits per heavy atom. The fourth-order valence-electron chi connectivity index (χ4n) is 2.42. The Labute approximate surface area is 224 Å². The summed E-state index contributed by atoms with van der Waals surface area (Å²) < 4.78 is 15.9. The summed E-state index contributed by atoms with van der Waals surface area (Å²) in [5.74, 6) is -1.21. The predicted octanol–water partition coefficient (Wildman–Crippen LogP) is -4.31. The number of halogens is 2. The first-order chi connectivity index (χ1) is 14.8. The molecule has 0 bridgehead atoms. The highest BCUT2D eigenvalue weighted by atomic mass is 127. The minimum atomic E-state index is -0.660. The molecule has 3 rings (SSSR count). The number of hydrogen-bond acceptors (Lipinski definition) is 4. The van der Waals surface area contributed by atoms with Crippen LogP contribution < -0.4 is 61.7 Å². The lowest BCUT2D eigenvalue weighted by atomic mass is 10.2. The van der Waals surface area contributed by atoms with Gasteiger partial charge >= 0.3 is 11.9 Å². The van der Waals surface area contributed by atoms with E-state index in [0.29, 0.717) is 11.1 Å². The summed E-state index contributed by atoms with van der Waals surface area (Å²) in [6, 6.07) is 10.3. The van der Waals surface area contributed by atoms with Gasteiger partial charge in [0.25, 0.3) is 0 Å². The van der Waals surface area contributed by atoms with Gasteiger partial charge in [-0.25, -0.2) is 23.3 Å². The quantitative estimate of drug-likeness (QED) is 0.0935. The van der Waals surface area contributed by atoms with E-state index in [-0.39, 0.29) is 53.7 Å². The van der Waals surface area contributed by atoms with Crippen LogP contribution in [0, 0.1) is 0 Å². The molecular formula is C23H28I2N3O4+. The summed E-state index contributed by atoms with van der Waals surface area (Å²) >= 11 is 0. The molecule has 0 unspecified atom stereocenters. The highest BCUT2D eigenvalue weighted by Gasteiger charge is 2.18. The number of rotatable bonds is 3. The first-order valence-electron chi connectivity index (χ1n) is 9.89. The summed E-state index contributed by atoms with van der Waals surface area (Å²) in [4.78, 5) is 34.4. The highest BCUT2D eigenvalue weighted by molar-refractivity contribution is 6.02. The molecule has 0 atom stereocenters. The Morgan fingerprint density at radius 3 is 1.31 bits per heavy atom. The Bertz CT molecular complexity index is 1010. The molecule has 32 heavy (non-hydrogen) atoms. The molecule has 3 aromatic rings. The average Bonchev–Trinajstić information content (AvgIpc) is 2.75. The Hall–Kier alpha value is -2.28. The van der Waals surface area contributed by atoms with Gasteiger partial charge in [0.05, 0.1) is 5.56 Å². The molecule has 0 spiro atoms. The second kappa shape index (κ2) is 15.5. The van der Waals surface area contributed by atoms with E-state index in [0.717, 1.165) is 5.56 Å². The molecule has 7 nitrogen and oxygen atoms in total. The van der Waals surface area contributed by atoms with E-state index in [4.69, 9.17) is 6.11 Å². The number of ether oxygens (including phenoxy) is 1. The van der Waals surface area contributed by atoms with Gasteiger partial charge in [-0.2, -0.15) is 0 Å². The minimum absolute atomic E-state index is 0. The van der Waals surface area contributed by atoms with E-state index in [1.807, 2.05) is 36.1 Å². The molecule has 0 aliphatic rings. The predicted molar refractivity (Wildman–Crippen MR) is 109 cm³/mol. The number of hydrogen-bond donors (Lipinski definition) is 0. The Kier molecular flexibility index (Phi) is 14.4. The fourth-order valence-corrected chi connectivity index (χ4v) is 2.42. The van der Waals surface area contributed by atoms with Crippen molar-refractivity contribution in [3.8, 4) is 0 Å². The van der Waals surface area contributed by atoms with Crippen LogP contribution in [0.5, 0.6) is 0 Å². The molecule has 0 aromatic carbocycles. The topological polar surface area (TPSA) is 72.1 Å². The van der Waals surface area contributed by atoms with Crippen LogP contribution in [0.25, 0.3) is 0 Å².